The number of aromatic nitrogens is 3. The first-order valence-corrected chi connectivity index (χ1v) is 14.9. The Morgan fingerprint density at radius 3 is 2.23 bits per heavy atom. The number of fused-ring (bicyclic) bond motifs is 1. The van der Waals surface area contributed by atoms with E-state index >= 15 is 0 Å². The van der Waals surface area contributed by atoms with Crippen LogP contribution in [0.25, 0.3) is 23.0 Å². The Labute approximate surface area is 253 Å². The molecule has 0 fully saturated rings. The lowest BCUT2D eigenvalue weighted by Crippen LogP contribution is -2.39. The van der Waals surface area contributed by atoms with Gasteiger partial charge in [-0.1, -0.05) is 105 Å². The molecular weight excluding hydrogens is 556 g/mol. The highest BCUT2D eigenvalue weighted by Crippen LogP contribution is 2.32. The molecule has 0 unspecified atom stereocenters. The van der Waals surface area contributed by atoms with Gasteiger partial charge in [-0.2, -0.15) is 5.10 Å². The van der Waals surface area contributed by atoms with Crippen molar-refractivity contribution in [2.75, 3.05) is 7.11 Å². The van der Waals surface area contributed by atoms with Gasteiger partial charge in [-0.3, -0.25) is 9.36 Å². The van der Waals surface area contributed by atoms with Crippen molar-refractivity contribution >= 4 is 23.4 Å². The highest BCUT2D eigenvalue weighted by Gasteiger charge is 2.33. The van der Waals surface area contributed by atoms with Crippen LogP contribution in [-0.2, 0) is 14.9 Å². The van der Waals surface area contributed by atoms with Crippen molar-refractivity contribution in [2.45, 2.75) is 39.2 Å². The molecule has 1 aliphatic heterocycles. The van der Waals surface area contributed by atoms with Gasteiger partial charge in [-0.05, 0) is 41.7 Å². The Kier molecular flexibility index (Phi) is 7.31. The van der Waals surface area contributed by atoms with Crippen LogP contribution in [0.1, 0.15) is 50.4 Å². The molecule has 0 aliphatic carbocycles. The molecule has 1 aliphatic rings. The van der Waals surface area contributed by atoms with Crippen molar-refractivity contribution in [3.05, 3.63) is 139 Å². The van der Waals surface area contributed by atoms with E-state index in [-0.39, 0.29) is 11.0 Å². The third kappa shape index (κ3) is 5.30. The average molecular weight is 589 g/mol. The molecule has 0 amide bonds. The van der Waals surface area contributed by atoms with E-state index in [0.29, 0.717) is 20.6 Å². The molecule has 0 radical (unpaired) electrons. The van der Waals surface area contributed by atoms with Crippen LogP contribution in [0, 0.1) is 0 Å². The Morgan fingerprint density at radius 1 is 0.953 bits per heavy atom. The van der Waals surface area contributed by atoms with Crippen LogP contribution >= 0.6 is 11.3 Å². The van der Waals surface area contributed by atoms with Crippen LogP contribution in [0.5, 0.6) is 0 Å². The van der Waals surface area contributed by atoms with E-state index in [1.807, 2.05) is 89.8 Å². The van der Waals surface area contributed by atoms with E-state index in [9.17, 15) is 9.59 Å². The minimum Gasteiger partial charge on any atom is -0.466 e. The van der Waals surface area contributed by atoms with Crippen LogP contribution in [-0.4, -0.2) is 27.4 Å². The number of para-hydroxylation sites is 1. The molecule has 0 saturated carbocycles. The number of hydrogen-bond acceptors (Lipinski definition) is 6. The fraction of sp³-hybridized carbons (Fsp3) is 0.200. The van der Waals surface area contributed by atoms with E-state index in [0.717, 1.165) is 33.6 Å². The molecule has 0 spiro atoms. The quantitative estimate of drug-likeness (QED) is 0.252. The number of nitrogens with zero attached hydrogens (tertiary/aromatic N) is 4. The van der Waals surface area contributed by atoms with Gasteiger partial charge in [0.25, 0.3) is 5.56 Å². The van der Waals surface area contributed by atoms with Crippen LogP contribution in [0.3, 0.4) is 0 Å². The van der Waals surface area contributed by atoms with Gasteiger partial charge < -0.3 is 4.74 Å². The SMILES string of the molecule is COC(=O)C1=C(C)N=c2s/c(=C\c3cn(-c4ccccc4)nc3-c3ccccc3)c(=O)n2[C@@H]1c1ccc(C(C)(C)C)cc1. The van der Waals surface area contributed by atoms with Gasteiger partial charge in [0.05, 0.1) is 40.3 Å². The molecule has 0 N–H and O–H groups in total. The average Bonchev–Trinajstić information content (AvgIpc) is 3.57. The van der Waals surface area contributed by atoms with E-state index < -0.39 is 12.0 Å². The van der Waals surface area contributed by atoms with Crippen molar-refractivity contribution < 1.29 is 9.53 Å². The predicted octanol–water partition coefficient (Wildman–Crippen LogP) is 5.56. The lowest BCUT2D eigenvalue weighted by Gasteiger charge is -2.25. The topological polar surface area (TPSA) is 78.5 Å². The minimum atomic E-state index is -0.666. The summed E-state index contributed by atoms with van der Waals surface area (Å²) in [6.45, 7) is 8.24. The molecule has 7 nitrogen and oxygen atoms in total. The number of allylic oxidation sites excluding steroid dienone is 1. The van der Waals surface area contributed by atoms with Gasteiger partial charge in [0.1, 0.15) is 0 Å². The number of rotatable bonds is 5. The van der Waals surface area contributed by atoms with Crippen LogP contribution in [0.15, 0.2) is 112 Å². The molecule has 1 atom stereocenters. The van der Waals surface area contributed by atoms with Gasteiger partial charge in [-0.25, -0.2) is 14.5 Å². The largest absolute Gasteiger partial charge is 0.466 e. The van der Waals surface area contributed by atoms with E-state index in [1.165, 1.54) is 18.4 Å². The van der Waals surface area contributed by atoms with E-state index in [4.69, 9.17) is 14.8 Å². The first kappa shape index (κ1) is 28.3. The van der Waals surface area contributed by atoms with Crippen molar-refractivity contribution in [1.29, 1.82) is 0 Å². The van der Waals surface area contributed by atoms with Gasteiger partial charge in [0, 0.05) is 17.3 Å². The summed E-state index contributed by atoms with van der Waals surface area (Å²) in [6, 6.07) is 27.2. The summed E-state index contributed by atoms with van der Waals surface area (Å²) in [5.41, 5.74) is 6.02. The number of carbonyl (C=O) groups is 1. The van der Waals surface area contributed by atoms with Crippen LogP contribution < -0.4 is 14.9 Å². The van der Waals surface area contributed by atoms with Gasteiger partial charge in [0.15, 0.2) is 4.80 Å². The normalized spacial score (nSPS) is 15.3. The number of ether oxygens (including phenoxy) is 1. The van der Waals surface area contributed by atoms with Crippen LogP contribution in [0.2, 0.25) is 0 Å². The molecule has 3 aromatic carbocycles. The Morgan fingerprint density at radius 2 is 1.60 bits per heavy atom. The van der Waals surface area contributed by atoms with Crippen LogP contribution in [0.4, 0.5) is 0 Å². The second-order valence-corrected chi connectivity index (χ2v) is 12.5. The highest BCUT2D eigenvalue weighted by molar-refractivity contribution is 7.07. The molecule has 5 aromatic rings. The minimum absolute atomic E-state index is 0.0372. The Balaban J connectivity index is 1.55. The number of benzene rings is 3. The second-order valence-electron chi connectivity index (χ2n) is 11.5. The molecule has 0 bridgehead atoms. The van der Waals surface area contributed by atoms with Crippen molar-refractivity contribution in [3.8, 4) is 16.9 Å². The highest BCUT2D eigenvalue weighted by atomic mass is 32.1. The van der Waals surface area contributed by atoms with Crippen molar-refractivity contribution in [1.82, 2.24) is 14.3 Å². The fourth-order valence-corrected chi connectivity index (χ4v) is 6.38. The zero-order valence-electron chi connectivity index (χ0n) is 24.7. The molecule has 6 rings (SSSR count). The van der Waals surface area contributed by atoms with Crippen molar-refractivity contribution in [2.24, 2.45) is 4.99 Å². The molecule has 8 heteroatoms. The zero-order chi connectivity index (χ0) is 30.3. The molecule has 216 valence electrons. The summed E-state index contributed by atoms with van der Waals surface area (Å²) in [4.78, 5) is 32.5. The summed E-state index contributed by atoms with van der Waals surface area (Å²) in [7, 11) is 1.35. The summed E-state index contributed by atoms with van der Waals surface area (Å²) < 4.78 is 9.11. The lowest BCUT2D eigenvalue weighted by atomic mass is 9.85. The van der Waals surface area contributed by atoms with E-state index in [2.05, 4.69) is 32.9 Å². The van der Waals surface area contributed by atoms with Gasteiger partial charge in [0.2, 0.25) is 0 Å². The number of methoxy groups -OCH3 is 1. The summed E-state index contributed by atoms with van der Waals surface area (Å²) in [6.07, 6.45) is 3.80. The third-order valence-corrected chi connectivity index (χ3v) is 8.60. The van der Waals surface area contributed by atoms with Gasteiger partial charge in [-0.15, -0.1) is 0 Å². The van der Waals surface area contributed by atoms with Crippen molar-refractivity contribution in [3.63, 3.8) is 0 Å². The molecule has 3 heterocycles. The standard InChI is InChI=1S/C35H32N4O3S/c1-22-29(33(41)42-5)31(24-16-18-26(19-17-24)35(2,3)4)39-32(40)28(43-34(39)36-22)20-25-21-38(27-14-10-7-11-15-27)37-30(25)23-12-8-6-9-13-23/h6-21,31H,1-5H3/b28-20-/t31-/m1/s1. The summed E-state index contributed by atoms with van der Waals surface area (Å²) in [5, 5.41) is 4.90. The van der Waals surface area contributed by atoms with E-state index in [1.54, 1.807) is 11.5 Å². The second kappa shape index (κ2) is 11.1. The summed E-state index contributed by atoms with van der Waals surface area (Å²) in [5.74, 6) is -0.504. The summed E-state index contributed by atoms with van der Waals surface area (Å²) >= 11 is 1.30. The maximum absolute atomic E-state index is 14.2. The smallest absolute Gasteiger partial charge is 0.338 e. The molecule has 43 heavy (non-hydrogen) atoms. The molecule has 0 saturated heterocycles. The Bertz CT molecular complexity index is 2030. The number of carbonyl (C=O) groups excluding carboxylic acids is 1. The predicted molar refractivity (Wildman–Crippen MR) is 170 cm³/mol. The third-order valence-electron chi connectivity index (χ3n) is 7.62. The molecule has 2 aromatic heterocycles. The maximum Gasteiger partial charge on any atom is 0.338 e. The van der Waals surface area contributed by atoms with Gasteiger partial charge >= 0.3 is 5.97 Å². The number of hydrogen-bond donors (Lipinski definition) is 0. The number of thiazole rings is 1. The maximum atomic E-state index is 14.2. The monoisotopic (exact) mass is 588 g/mol. The first-order chi connectivity index (χ1) is 20.7. The number of esters is 1. The molecular formula is C35H32N4O3S. The first-order valence-electron chi connectivity index (χ1n) is 14.1. The fourth-order valence-electron chi connectivity index (χ4n) is 5.34. The lowest BCUT2D eigenvalue weighted by molar-refractivity contribution is -0.136. The zero-order valence-corrected chi connectivity index (χ0v) is 25.6. The Hall–Kier alpha value is -4.82.